The average Bonchev–Trinajstić information content (AvgIpc) is 3.02. The van der Waals surface area contributed by atoms with Gasteiger partial charge in [0.1, 0.15) is 0 Å². The van der Waals surface area contributed by atoms with Gasteiger partial charge in [0.25, 0.3) is 11.8 Å². The molecule has 0 saturated heterocycles. The van der Waals surface area contributed by atoms with Gasteiger partial charge in [0.2, 0.25) is 9.84 Å². The summed E-state index contributed by atoms with van der Waals surface area (Å²) in [7, 11) is -4.03. The Morgan fingerprint density at radius 3 is 2.49 bits per heavy atom. The molecule has 1 aliphatic carbocycles. The second-order valence-corrected chi connectivity index (χ2v) is 12.1. The number of carbonyl (C=O) groups excluding carboxylic acids is 2. The molecule has 0 aromatic heterocycles. The number of fused-ring (bicyclic) bond motifs is 3. The van der Waals surface area contributed by atoms with E-state index in [1.807, 2.05) is 18.2 Å². The topological polar surface area (TPSA) is 83.6 Å². The molecule has 0 spiro atoms. The van der Waals surface area contributed by atoms with E-state index >= 15 is 0 Å². The molecule has 0 bridgehead atoms. The van der Waals surface area contributed by atoms with Crippen molar-refractivity contribution >= 4 is 38.9 Å². The fraction of sp³-hybridized carbons (Fsp3) is 0.161. The molecule has 1 heterocycles. The van der Waals surface area contributed by atoms with Crippen molar-refractivity contribution in [3.63, 3.8) is 0 Å². The number of hydrogen-bond donors (Lipinski definition) is 1. The molecule has 4 aromatic carbocycles. The SMILES string of the molecule is O=C(NC1CCCc2ccccc21)c1ccc2c(c1)N(Cc1ccc(Cl)cc1)C(=O)c1ccccc1S2(=O)=O. The normalized spacial score (nSPS) is 17.4. The maximum Gasteiger partial charge on any atom is 0.259 e. The first-order chi connectivity index (χ1) is 18.8. The Morgan fingerprint density at radius 1 is 0.923 bits per heavy atom. The van der Waals surface area contributed by atoms with Crippen LogP contribution in [0.2, 0.25) is 5.02 Å². The van der Waals surface area contributed by atoms with E-state index in [0.717, 1.165) is 30.4 Å². The van der Waals surface area contributed by atoms with E-state index in [0.29, 0.717) is 5.02 Å². The molecule has 6 nitrogen and oxygen atoms in total. The monoisotopic (exact) mass is 556 g/mol. The zero-order chi connectivity index (χ0) is 27.1. The van der Waals surface area contributed by atoms with Crippen molar-refractivity contribution in [1.82, 2.24) is 5.32 Å². The molecule has 0 saturated carbocycles. The van der Waals surface area contributed by atoms with Crippen LogP contribution in [0.15, 0.2) is 101 Å². The van der Waals surface area contributed by atoms with Crippen LogP contribution < -0.4 is 10.2 Å². The summed E-state index contributed by atoms with van der Waals surface area (Å²) in [5, 5.41) is 3.68. The van der Waals surface area contributed by atoms with Gasteiger partial charge in [-0.25, -0.2) is 8.42 Å². The van der Waals surface area contributed by atoms with Crippen LogP contribution in [0.4, 0.5) is 5.69 Å². The molecule has 2 amide bonds. The van der Waals surface area contributed by atoms with Crippen LogP contribution in [-0.4, -0.2) is 20.2 Å². The van der Waals surface area contributed by atoms with Crippen LogP contribution in [0.5, 0.6) is 0 Å². The Balaban J connectivity index is 1.43. The average molecular weight is 557 g/mol. The molecule has 0 fully saturated rings. The Morgan fingerprint density at radius 2 is 1.67 bits per heavy atom. The second kappa shape index (κ2) is 9.98. The van der Waals surface area contributed by atoms with Gasteiger partial charge < -0.3 is 10.2 Å². The first-order valence-corrected chi connectivity index (χ1v) is 14.6. The predicted octanol–water partition coefficient (Wildman–Crippen LogP) is 6.14. The lowest BCUT2D eigenvalue weighted by molar-refractivity contribution is 0.0930. The number of rotatable bonds is 4. The fourth-order valence-corrected chi connectivity index (χ4v) is 7.18. The molecule has 4 aromatic rings. The quantitative estimate of drug-likeness (QED) is 0.327. The van der Waals surface area contributed by atoms with Crippen LogP contribution in [0.3, 0.4) is 0 Å². The summed E-state index contributed by atoms with van der Waals surface area (Å²) in [5.74, 6) is -0.779. The fourth-order valence-electron chi connectivity index (χ4n) is 5.42. The Kier molecular flexibility index (Phi) is 6.49. The number of benzene rings is 4. The minimum Gasteiger partial charge on any atom is -0.345 e. The van der Waals surface area contributed by atoms with E-state index in [4.69, 9.17) is 11.6 Å². The maximum atomic E-state index is 13.8. The minimum atomic E-state index is -4.03. The third kappa shape index (κ3) is 4.62. The van der Waals surface area contributed by atoms with Crippen molar-refractivity contribution in [3.8, 4) is 0 Å². The van der Waals surface area contributed by atoms with Gasteiger partial charge in [-0.05, 0) is 78.4 Å². The van der Waals surface area contributed by atoms with E-state index in [1.165, 1.54) is 40.8 Å². The highest BCUT2D eigenvalue weighted by Gasteiger charge is 2.36. The molecular formula is C31H25ClN2O4S. The standard InChI is InChI=1S/C31H25ClN2O4S/c32-23-15-12-20(13-16-23)19-34-27-18-22(30(35)33-26-10-5-7-21-6-1-2-8-24(21)26)14-17-29(27)39(37,38)28-11-4-3-9-25(28)31(34)36/h1-4,6,8-9,11-18,26H,5,7,10,19H2,(H,33,35). The number of amides is 2. The largest absolute Gasteiger partial charge is 0.345 e. The molecule has 1 atom stereocenters. The number of halogens is 1. The van der Waals surface area contributed by atoms with Crippen molar-refractivity contribution in [1.29, 1.82) is 0 Å². The van der Waals surface area contributed by atoms with Crippen LogP contribution in [0.25, 0.3) is 0 Å². The second-order valence-electron chi connectivity index (χ2n) is 9.82. The zero-order valence-electron chi connectivity index (χ0n) is 20.9. The zero-order valence-corrected chi connectivity index (χ0v) is 22.5. The van der Waals surface area contributed by atoms with E-state index in [-0.39, 0.29) is 45.1 Å². The van der Waals surface area contributed by atoms with Gasteiger partial charge in [-0.1, -0.05) is 60.1 Å². The summed E-state index contributed by atoms with van der Waals surface area (Å²) in [6, 6.07) is 25.6. The first kappa shape index (κ1) is 25.3. The molecule has 39 heavy (non-hydrogen) atoms. The van der Waals surface area contributed by atoms with Crippen molar-refractivity contribution < 1.29 is 18.0 Å². The van der Waals surface area contributed by atoms with Crippen LogP contribution in [-0.2, 0) is 22.8 Å². The number of hydrogen-bond acceptors (Lipinski definition) is 4. The summed E-state index contributed by atoms with van der Waals surface area (Å²) < 4.78 is 27.5. The van der Waals surface area contributed by atoms with Gasteiger partial charge in [0.15, 0.2) is 0 Å². The lowest BCUT2D eigenvalue weighted by Crippen LogP contribution is -2.32. The molecule has 1 unspecified atom stereocenters. The van der Waals surface area contributed by atoms with Crippen LogP contribution >= 0.6 is 11.6 Å². The number of nitrogens with one attached hydrogen (secondary N) is 1. The number of sulfone groups is 1. The van der Waals surface area contributed by atoms with Crippen molar-refractivity contribution in [3.05, 3.63) is 124 Å². The Hall–Kier alpha value is -3.94. The highest BCUT2D eigenvalue weighted by Crippen LogP contribution is 2.38. The lowest BCUT2D eigenvalue weighted by atomic mass is 9.87. The molecule has 1 N–H and O–H groups in total. The molecule has 0 radical (unpaired) electrons. The van der Waals surface area contributed by atoms with Gasteiger partial charge in [-0.15, -0.1) is 0 Å². The predicted molar refractivity (Wildman–Crippen MR) is 150 cm³/mol. The third-order valence-electron chi connectivity index (χ3n) is 7.38. The molecule has 196 valence electrons. The highest BCUT2D eigenvalue weighted by molar-refractivity contribution is 7.91. The highest BCUT2D eigenvalue weighted by atomic mass is 35.5. The van der Waals surface area contributed by atoms with E-state index in [9.17, 15) is 18.0 Å². The summed E-state index contributed by atoms with van der Waals surface area (Å²) in [4.78, 5) is 28.7. The lowest BCUT2D eigenvalue weighted by Gasteiger charge is -2.27. The number of anilines is 1. The van der Waals surface area contributed by atoms with Crippen molar-refractivity contribution in [2.24, 2.45) is 0 Å². The number of nitrogens with zero attached hydrogens (tertiary/aromatic N) is 1. The molecule has 8 heteroatoms. The van der Waals surface area contributed by atoms with E-state index in [2.05, 4.69) is 11.4 Å². The van der Waals surface area contributed by atoms with Gasteiger partial charge >= 0.3 is 0 Å². The van der Waals surface area contributed by atoms with Gasteiger partial charge in [-0.3, -0.25) is 9.59 Å². The molecule has 6 rings (SSSR count). The van der Waals surface area contributed by atoms with Crippen LogP contribution in [0, 0.1) is 0 Å². The summed E-state index contributed by atoms with van der Waals surface area (Å²) in [6.07, 6.45) is 2.76. The number of carbonyl (C=O) groups is 2. The summed E-state index contributed by atoms with van der Waals surface area (Å²) >= 11 is 6.06. The summed E-state index contributed by atoms with van der Waals surface area (Å²) in [6.45, 7) is 0.105. The Labute approximate surface area is 232 Å². The maximum absolute atomic E-state index is 13.8. The smallest absolute Gasteiger partial charge is 0.259 e. The van der Waals surface area contributed by atoms with Crippen molar-refractivity contribution in [2.75, 3.05) is 4.90 Å². The first-order valence-electron chi connectivity index (χ1n) is 12.8. The Bertz CT molecular complexity index is 1720. The molecule has 1 aliphatic heterocycles. The van der Waals surface area contributed by atoms with E-state index < -0.39 is 15.7 Å². The van der Waals surface area contributed by atoms with Gasteiger partial charge in [0, 0.05) is 10.6 Å². The third-order valence-corrected chi connectivity index (χ3v) is 9.49. The van der Waals surface area contributed by atoms with Gasteiger partial charge in [-0.2, -0.15) is 0 Å². The molecule has 2 aliphatic rings. The minimum absolute atomic E-state index is 0.0191. The van der Waals surface area contributed by atoms with Crippen LogP contribution in [0.1, 0.15) is 56.3 Å². The van der Waals surface area contributed by atoms with Gasteiger partial charge in [0.05, 0.1) is 33.6 Å². The molecular weight excluding hydrogens is 532 g/mol. The number of aryl methyl sites for hydroxylation is 1. The summed E-state index contributed by atoms with van der Waals surface area (Å²) in [5.41, 5.74) is 3.63. The van der Waals surface area contributed by atoms with Crippen molar-refractivity contribution in [2.45, 2.75) is 41.6 Å². The van der Waals surface area contributed by atoms with E-state index in [1.54, 1.807) is 36.4 Å².